The second-order valence-corrected chi connectivity index (χ2v) is 7.99. The van der Waals surface area contributed by atoms with Gasteiger partial charge in [0.15, 0.2) is 12.4 Å². The summed E-state index contributed by atoms with van der Waals surface area (Å²) in [6.07, 6.45) is 0. The van der Waals surface area contributed by atoms with E-state index >= 15 is 0 Å². The second-order valence-electron chi connectivity index (χ2n) is 7.04. The Hall–Kier alpha value is -3.26. The quantitative estimate of drug-likeness (QED) is 0.539. The molecule has 0 unspecified atom stereocenters. The lowest BCUT2D eigenvalue weighted by Gasteiger charge is -2.11. The summed E-state index contributed by atoms with van der Waals surface area (Å²) in [4.78, 5) is 13.2. The molecule has 29 heavy (non-hydrogen) atoms. The monoisotopic (exact) mass is 407 g/mol. The van der Waals surface area contributed by atoms with Crippen molar-refractivity contribution in [2.45, 2.75) is 27.7 Å². The van der Waals surface area contributed by atoms with Crippen molar-refractivity contribution >= 4 is 27.9 Å². The third-order valence-electron chi connectivity index (χ3n) is 4.47. The lowest BCUT2D eigenvalue weighted by Crippen LogP contribution is -2.20. The number of hydrogen-bond acceptors (Lipinski definition) is 6. The van der Waals surface area contributed by atoms with E-state index in [1.807, 2.05) is 58.0 Å². The van der Waals surface area contributed by atoms with Crippen molar-refractivity contribution in [3.8, 4) is 16.3 Å². The zero-order chi connectivity index (χ0) is 20.5. The highest BCUT2D eigenvalue weighted by atomic mass is 32.1. The molecule has 0 saturated heterocycles. The Morgan fingerprint density at radius 2 is 1.83 bits per heavy atom. The highest BCUT2D eigenvalue weighted by Gasteiger charge is 2.13. The molecular formula is C21H21N5O2S. The Labute approximate surface area is 172 Å². The second kappa shape index (κ2) is 7.63. The lowest BCUT2D eigenvalue weighted by atomic mass is 10.1. The molecule has 0 radical (unpaired) electrons. The van der Waals surface area contributed by atoms with Gasteiger partial charge in [0.1, 0.15) is 10.8 Å². The number of rotatable bonds is 5. The number of nitrogens with one attached hydrogen (secondary N) is 1. The van der Waals surface area contributed by atoms with Crippen LogP contribution in [0.3, 0.4) is 0 Å². The third-order valence-corrected chi connectivity index (χ3v) is 5.42. The van der Waals surface area contributed by atoms with Crippen LogP contribution in [0.25, 0.3) is 15.5 Å². The normalized spacial score (nSPS) is 11.0. The number of ether oxygens (including phenoxy) is 1. The van der Waals surface area contributed by atoms with Gasteiger partial charge in [-0.1, -0.05) is 29.5 Å². The summed E-state index contributed by atoms with van der Waals surface area (Å²) in [5, 5.41) is 16.4. The predicted molar refractivity (Wildman–Crippen MR) is 114 cm³/mol. The number of aryl methyl sites for hydroxylation is 4. The van der Waals surface area contributed by atoms with Crippen LogP contribution in [0, 0.1) is 27.7 Å². The van der Waals surface area contributed by atoms with Crippen LogP contribution in [0.2, 0.25) is 0 Å². The van der Waals surface area contributed by atoms with Crippen molar-refractivity contribution in [1.29, 1.82) is 0 Å². The molecule has 4 rings (SSSR count). The van der Waals surface area contributed by atoms with Crippen molar-refractivity contribution in [1.82, 2.24) is 19.8 Å². The lowest BCUT2D eigenvalue weighted by molar-refractivity contribution is -0.118. The van der Waals surface area contributed by atoms with E-state index < -0.39 is 0 Å². The first-order chi connectivity index (χ1) is 13.9. The maximum absolute atomic E-state index is 12.4. The average molecular weight is 407 g/mol. The summed E-state index contributed by atoms with van der Waals surface area (Å²) in [6, 6.07) is 11.8. The van der Waals surface area contributed by atoms with E-state index in [9.17, 15) is 4.79 Å². The third kappa shape index (κ3) is 4.12. The first-order valence-electron chi connectivity index (χ1n) is 9.20. The molecule has 0 aliphatic rings. The van der Waals surface area contributed by atoms with Crippen molar-refractivity contribution in [2.24, 2.45) is 0 Å². The molecule has 4 aromatic rings. The fourth-order valence-corrected chi connectivity index (χ4v) is 3.95. The van der Waals surface area contributed by atoms with Crippen LogP contribution >= 0.6 is 11.3 Å². The fraction of sp³-hybridized carbons (Fsp3) is 0.238. The van der Waals surface area contributed by atoms with Gasteiger partial charge in [-0.05, 0) is 62.6 Å². The van der Waals surface area contributed by atoms with Gasteiger partial charge in [0, 0.05) is 11.3 Å². The highest BCUT2D eigenvalue weighted by Crippen LogP contribution is 2.29. The summed E-state index contributed by atoms with van der Waals surface area (Å²) in [7, 11) is 0. The molecule has 0 aliphatic heterocycles. The number of carbonyl (C=O) groups excluding carboxylic acids is 1. The largest absolute Gasteiger partial charge is 0.484 e. The SMILES string of the molecule is Cc1cc(C)cc(OCC(=O)Nc2cc(-c3nn4c(C)nnc4s3)ccc2C)c1. The Morgan fingerprint density at radius 1 is 1.07 bits per heavy atom. The van der Waals surface area contributed by atoms with E-state index in [4.69, 9.17) is 4.74 Å². The Balaban J connectivity index is 1.49. The molecular weight excluding hydrogens is 386 g/mol. The number of amides is 1. The van der Waals surface area contributed by atoms with Crippen molar-refractivity contribution in [3.05, 3.63) is 58.9 Å². The predicted octanol–water partition coefficient (Wildman–Crippen LogP) is 4.10. The number of nitrogens with zero attached hydrogens (tertiary/aromatic N) is 4. The number of carbonyl (C=O) groups is 1. The van der Waals surface area contributed by atoms with E-state index in [0.717, 1.165) is 43.7 Å². The standard InChI is InChI=1S/C21H21N5O2S/c1-12-7-13(2)9-17(8-12)28-11-19(27)22-18-10-16(6-5-14(18)3)20-25-26-15(4)23-24-21(26)29-20/h5-10H,11H2,1-4H3,(H,22,27). The molecule has 2 aromatic heterocycles. The average Bonchev–Trinajstić information content (AvgIpc) is 3.23. The van der Waals surface area contributed by atoms with Gasteiger partial charge in [0.25, 0.3) is 5.91 Å². The van der Waals surface area contributed by atoms with Crippen molar-refractivity contribution in [2.75, 3.05) is 11.9 Å². The Kier molecular flexibility index (Phi) is 5.02. The summed E-state index contributed by atoms with van der Waals surface area (Å²) in [6.45, 7) is 7.76. The van der Waals surface area contributed by atoms with Crippen LogP contribution in [-0.4, -0.2) is 32.3 Å². The zero-order valence-corrected chi connectivity index (χ0v) is 17.5. The summed E-state index contributed by atoms with van der Waals surface area (Å²) >= 11 is 1.46. The van der Waals surface area contributed by atoms with Gasteiger partial charge < -0.3 is 10.1 Å². The van der Waals surface area contributed by atoms with Gasteiger partial charge in [-0.25, -0.2) is 0 Å². The molecule has 1 amide bonds. The topological polar surface area (TPSA) is 81.4 Å². The van der Waals surface area contributed by atoms with Gasteiger partial charge >= 0.3 is 0 Å². The minimum Gasteiger partial charge on any atom is -0.484 e. The van der Waals surface area contributed by atoms with E-state index in [1.54, 1.807) is 4.52 Å². The van der Waals surface area contributed by atoms with E-state index in [0.29, 0.717) is 5.75 Å². The van der Waals surface area contributed by atoms with Gasteiger partial charge in [0.05, 0.1) is 0 Å². The molecule has 8 heteroatoms. The number of benzene rings is 2. The molecule has 2 aromatic carbocycles. The molecule has 7 nitrogen and oxygen atoms in total. The summed E-state index contributed by atoms with van der Waals surface area (Å²) in [5.41, 5.74) is 4.82. The van der Waals surface area contributed by atoms with Crippen LogP contribution in [-0.2, 0) is 4.79 Å². The van der Waals surface area contributed by atoms with Crippen LogP contribution in [0.5, 0.6) is 5.75 Å². The molecule has 0 bridgehead atoms. The highest BCUT2D eigenvalue weighted by molar-refractivity contribution is 7.19. The molecule has 0 aliphatic carbocycles. The van der Waals surface area contributed by atoms with Crippen LogP contribution in [0.1, 0.15) is 22.5 Å². The van der Waals surface area contributed by atoms with E-state index in [2.05, 4.69) is 26.7 Å². The van der Waals surface area contributed by atoms with Crippen molar-refractivity contribution in [3.63, 3.8) is 0 Å². The van der Waals surface area contributed by atoms with Crippen LogP contribution in [0.4, 0.5) is 5.69 Å². The summed E-state index contributed by atoms with van der Waals surface area (Å²) < 4.78 is 7.38. The smallest absolute Gasteiger partial charge is 0.262 e. The Bertz CT molecular complexity index is 1190. The molecule has 0 atom stereocenters. The molecule has 0 saturated carbocycles. The zero-order valence-electron chi connectivity index (χ0n) is 16.7. The van der Waals surface area contributed by atoms with Gasteiger partial charge in [-0.2, -0.15) is 9.61 Å². The molecule has 0 spiro atoms. The summed E-state index contributed by atoms with van der Waals surface area (Å²) in [5.74, 6) is 1.23. The number of fused-ring (bicyclic) bond motifs is 1. The molecule has 2 heterocycles. The molecule has 0 fully saturated rings. The molecule has 1 N–H and O–H groups in total. The fourth-order valence-electron chi connectivity index (χ4n) is 3.07. The van der Waals surface area contributed by atoms with Gasteiger partial charge in [-0.3, -0.25) is 4.79 Å². The number of aromatic nitrogens is 4. The number of anilines is 1. The minimum atomic E-state index is -0.210. The van der Waals surface area contributed by atoms with E-state index in [-0.39, 0.29) is 12.5 Å². The maximum atomic E-state index is 12.4. The Morgan fingerprint density at radius 3 is 2.55 bits per heavy atom. The number of hydrogen-bond donors (Lipinski definition) is 1. The van der Waals surface area contributed by atoms with Crippen LogP contribution in [0.15, 0.2) is 36.4 Å². The van der Waals surface area contributed by atoms with Gasteiger partial charge in [0.2, 0.25) is 4.96 Å². The van der Waals surface area contributed by atoms with E-state index in [1.165, 1.54) is 11.3 Å². The maximum Gasteiger partial charge on any atom is 0.262 e. The van der Waals surface area contributed by atoms with Gasteiger partial charge in [-0.15, -0.1) is 10.2 Å². The minimum absolute atomic E-state index is 0.0531. The first kappa shape index (κ1) is 19.1. The van der Waals surface area contributed by atoms with Crippen molar-refractivity contribution < 1.29 is 9.53 Å². The van der Waals surface area contributed by atoms with Crippen LogP contribution < -0.4 is 10.1 Å². The molecule has 148 valence electrons. The first-order valence-corrected chi connectivity index (χ1v) is 10.0.